The van der Waals surface area contributed by atoms with E-state index in [-0.39, 0.29) is 70.9 Å². The van der Waals surface area contributed by atoms with Gasteiger partial charge in [0.1, 0.15) is 29.1 Å². The Morgan fingerprint density at radius 1 is 0.817 bits per heavy atom. The van der Waals surface area contributed by atoms with Crippen LogP contribution in [0.4, 0.5) is 26.5 Å². The smallest absolute Gasteiger partial charge is 0.408 e. The minimum atomic E-state index is -0.578. The number of benzene rings is 1. The summed E-state index contributed by atoms with van der Waals surface area (Å²) in [6.07, 6.45) is 8.76. The van der Waals surface area contributed by atoms with E-state index < -0.39 is 9.85 Å². The normalized spacial score (nSPS) is 15.6. The molecule has 1 aromatic carbocycles. The molecule has 0 aliphatic heterocycles. The Morgan fingerprint density at radius 3 is 1.70 bits per heavy atom. The van der Waals surface area contributed by atoms with Crippen LogP contribution in [-0.4, -0.2) is 63.2 Å². The molecule has 0 fully saturated rings. The summed E-state index contributed by atoms with van der Waals surface area (Å²) < 4.78 is 7.38. The second-order valence-corrected chi connectivity index (χ2v) is 14.5. The SMILES string of the molecule is CC1=CC(=O)C=C(O)C1=NN=c1[n-]cc([N+](=O)[O-])s1.CC1=CC(=O)C=C(O)C1=NN=c1[n-]cc([N+](=O)[O-])s1.CCN(CC)c1ccc(N=Nc2scc[n+]2C)c(OC)c1.[Co]. The number of hydrogen-bond donors (Lipinski definition) is 2. The molecular formula is C35H35CoN12O9S3-. The summed E-state index contributed by atoms with van der Waals surface area (Å²) in [5.41, 5.74) is 3.06. The molecule has 6 rings (SSSR count). The van der Waals surface area contributed by atoms with E-state index in [0.717, 1.165) is 82.6 Å². The molecule has 2 N–H and O–H groups in total. The fraction of sp³-hybridized carbons (Fsp3) is 0.229. The van der Waals surface area contributed by atoms with Gasteiger partial charge in [-0.3, -0.25) is 40.0 Å². The third-order valence-corrected chi connectivity index (χ3v) is 10.1. The standard InChI is InChI=1S/C15H21N4OS.2C10H8N4O4S.Co/c1-5-19(6-2)12-7-8-13(14(11-12)20-4)16-17-15-18(3)9-10-21-15;2*1-5-2-6(15)3-7(16)9(5)12-13-10-11-4-8(19-10)14(17)18;/h7-11H,5-6H2,1-4H3;2*2-4H,1H3,(H2,11,13,15,16);/q+1;;;/p-2. The van der Waals surface area contributed by atoms with Gasteiger partial charge < -0.3 is 40.0 Å². The van der Waals surface area contributed by atoms with Crippen molar-refractivity contribution >= 4 is 83.5 Å². The average Bonchev–Trinajstić information content (AvgIpc) is 3.96. The Morgan fingerprint density at radius 2 is 1.32 bits per heavy atom. The van der Waals surface area contributed by atoms with Gasteiger partial charge in [0.05, 0.1) is 29.1 Å². The van der Waals surface area contributed by atoms with Crippen LogP contribution in [0.15, 0.2) is 120 Å². The third-order valence-electron chi connectivity index (χ3n) is 7.60. The number of ether oxygens (including phenoxy) is 1. The number of anilines is 1. The number of aliphatic hydroxyl groups is 2. The fourth-order valence-corrected chi connectivity index (χ4v) is 6.52. The summed E-state index contributed by atoms with van der Waals surface area (Å²) in [7, 11) is 3.61. The topological polar surface area (TPSA) is 280 Å². The van der Waals surface area contributed by atoms with Crippen molar-refractivity contribution in [2.45, 2.75) is 27.7 Å². The van der Waals surface area contributed by atoms with Crippen molar-refractivity contribution in [2.75, 3.05) is 25.1 Å². The molecule has 2 aliphatic rings. The van der Waals surface area contributed by atoms with E-state index in [1.165, 1.54) is 12.2 Å². The third kappa shape index (κ3) is 13.2. The molecule has 2 aliphatic carbocycles. The van der Waals surface area contributed by atoms with E-state index in [1.807, 2.05) is 35.3 Å². The average molecular weight is 923 g/mol. The Bertz CT molecular complexity index is 2430. The van der Waals surface area contributed by atoms with E-state index in [1.54, 1.807) is 32.3 Å². The largest absolute Gasteiger partial charge is 0.506 e. The van der Waals surface area contributed by atoms with Gasteiger partial charge in [-0.15, -0.1) is 0 Å². The number of rotatable bonds is 10. The van der Waals surface area contributed by atoms with Gasteiger partial charge in [-0.05, 0) is 79.6 Å². The Balaban J connectivity index is 0.000000239. The fourth-order valence-electron chi connectivity index (χ4n) is 4.73. The summed E-state index contributed by atoms with van der Waals surface area (Å²) in [6.45, 7) is 9.40. The van der Waals surface area contributed by atoms with Crippen LogP contribution in [-0.2, 0) is 33.4 Å². The number of ketones is 2. The molecule has 21 nitrogen and oxygen atoms in total. The van der Waals surface area contributed by atoms with Crippen molar-refractivity contribution in [2.24, 2.45) is 37.7 Å². The van der Waals surface area contributed by atoms with Gasteiger partial charge in [0.25, 0.3) is 0 Å². The van der Waals surface area contributed by atoms with Gasteiger partial charge in [-0.2, -0.15) is 0 Å². The van der Waals surface area contributed by atoms with Crippen molar-refractivity contribution in [1.29, 1.82) is 0 Å². The molecule has 3 aromatic heterocycles. The maximum Gasteiger partial charge on any atom is 0.408 e. The summed E-state index contributed by atoms with van der Waals surface area (Å²) >= 11 is 3.07. The minimum absolute atomic E-state index is 0. The second-order valence-electron chi connectivity index (χ2n) is 11.6. The summed E-state index contributed by atoms with van der Waals surface area (Å²) in [4.78, 5) is 51.8. The van der Waals surface area contributed by atoms with Crippen molar-refractivity contribution in [3.8, 4) is 5.75 Å². The van der Waals surface area contributed by atoms with Crippen LogP contribution in [0, 0.1) is 20.2 Å². The molecule has 0 saturated carbocycles. The van der Waals surface area contributed by atoms with Crippen LogP contribution < -0.4 is 33.8 Å². The number of nitro groups is 2. The van der Waals surface area contributed by atoms with Crippen molar-refractivity contribution in [3.63, 3.8) is 0 Å². The number of allylic oxidation sites excluding steroid dienone is 6. The zero-order valence-corrected chi connectivity index (χ0v) is 35.9. The predicted octanol–water partition coefficient (Wildman–Crippen LogP) is 5.52. The van der Waals surface area contributed by atoms with E-state index in [0.29, 0.717) is 11.1 Å². The summed E-state index contributed by atoms with van der Waals surface area (Å²) in [5.74, 6) is -0.514. The van der Waals surface area contributed by atoms with Crippen molar-refractivity contribution in [1.82, 2.24) is 9.97 Å². The van der Waals surface area contributed by atoms with Gasteiger partial charge in [-0.25, -0.2) is 4.57 Å². The van der Waals surface area contributed by atoms with Gasteiger partial charge in [0.15, 0.2) is 23.0 Å². The molecule has 4 aromatic rings. The quantitative estimate of drug-likeness (QED) is 0.0654. The van der Waals surface area contributed by atoms with E-state index in [4.69, 9.17) is 4.74 Å². The van der Waals surface area contributed by atoms with Crippen LogP contribution in [0.1, 0.15) is 27.7 Å². The van der Waals surface area contributed by atoms with Crippen molar-refractivity contribution in [3.05, 3.63) is 119 Å². The van der Waals surface area contributed by atoms with Crippen LogP contribution in [0.2, 0.25) is 0 Å². The number of nitrogens with zero attached hydrogens (tertiary/aromatic N) is 12. The van der Waals surface area contributed by atoms with E-state index in [9.17, 15) is 40.0 Å². The number of aliphatic hydroxyl groups excluding tert-OH is 2. The molecular weight excluding hydrogens is 888 g/mol. The van der Waals surface area contributed by atoms with Gasteiger partial charge in [0, 0.05) is 81.2 Å². The van der Waals surface area contributed by atoms with Gasteiger partial charge >= 0.3 is 15.1 Å². The number of aromatic nitrogens is 3. The zero-order valence-electron chi connectivity index (χ0n) is 32.4. The molecule has 0 amide bonds. The van der Waals surface area contributed by atoms with Crippen molar-refractivity contribution < 1.29 is 55.7 Å². The molecule has 317 valence electrons. The molecule has 60 heavy (non-hydrogen) atoms. The molecule has 0 spiro atoms. The molecule has 0 saturated heterocycles. The Labute approximate surface area is 362 Å². The van der Waals surface area contributed by atoms with Crippen LogP contribution in [0.3, 0.4) is 0 Å². The summed E-state index contributed by atoms with van der Waals surface area (Å²) in [6, 6.07) is 6.01. The van der Waals surface area contributed by atoms with Crippen LogP contribution in [0.5, 0.6) is 5.75 Å². The minimum Gasteiger partial charge on any atom is -0.506 e. The number of thiazole rings is 3. The molecule has 0 atom stereocenters. The maximum atomic E-state index is 11.1. The first-order chi connectivity index (χ1) is 28.1. The first-order valence-corrected chi connectivity index (χ1v) is 19.5. The first-order valence-electron chi connectivity index (χ1n) is 17.0. The second kappa shape index (κ2) is 22.6. The predicted molar refractivity (Wildman–Crippen MR) is 220 cm³/mol. The van der Waals surface area contributed by atoms with E-state index in [2.05, 4.69) is 65.4 Å². The maximum absolute atomic E-state index is 11.1. The molecule has 3 heterocycles. The van der Waals surface area contributed by atoms with Gasteiger partial charge in [0.2, 0.25) is 0 Å². The van der Waals surface area contributed by atoms with Gasteiger partial charge in [-0.1, -0.05) is 22.7 Å². The number of azo groups is 1. The number of carbonyl (C=O) groups is 2. The molecule has 0 unspecified atom stereocenters. The Hall–Kier alpha value is -6.54. The zero-order chi connectivity index (χ0) is 43.2. The molecule has 0 bridgehead atoms. The Kier molecular flexibility index (Phi) is 18.0. The molecule has 1 radical (unpaired) electrons. The van der Waals surface area contributed by atoms with Crippen LogP contribution >= 0.6 is 34.0 Å². The monoisotopic (exact) mass is 922 g/mol. The van der Waals surface area contributed by atoms with Crippen LogP contribution in [0.25, 0.3) is 0 Å². The number of hydrogen-bond acceptors (Lipinski definition) is 19. The number of aryl methyl sites for hydroxylation is 1. The molecule has 25 heteroatoms. The number of carbonyl (C=O) groups excluding carboxylic acids is 2. The van der Waals surface area contributed by atoms with E-state index >= 15 is 0 Å². The summed E-state index contributed by atoms with van der Waals surface area (Å²) in [5, 5.41) is 66.1. The number of methoxy groups -OCH3 is 1. The first kappa shape index (κ1) is 47.8.